The standard InChI is InChI=1S/C8H8Cl3Si/c9-12(10,11)7-6-8-4-2-1-3-5-8/h1-6H,7H2. The van der Waals surface area contributed by atoms with Crippen LogP contribution < -0.4 is 0 Å². The Morgan fingerprint density at radius 2 is 1.67 bits per heavy atom. The molecule has 0 aromatic heterocycles. The molecule has 0 fully saturated rings. The first-order valence-corrected chi connectivity index (χ1v) is 8.77. The second-order valence-corrected chi connectivity index (χ2v) is 11.6. The third kappa shape index (κ3) is 4.36. The van der Waals surface area contributed by atoms with E-state index in [1.54, 1.807) is 0 Å². The van der Waals surface area contributed by atoms with Crippen molar-refractivity contribution in [3.63, 3.8) is 0 Å². The summed E-state index contributed by atoms with van der Waals surface area (Å²) in [4.78, 5) is 0. The Hall–Kier alpha value is 0.307. The molecule has 0 saturated heterocycles. The van der Waals surface area contributed by atoms with Crippen LogP contribution in [0.2, 0.25) is 6.04 Å². The molecule has 0 aliphatic rings. The van der Waals surface area contributed by atoms with Crippen molar-refractivity contribution in [2.45, 2.75) is 6.04 Å². The van der Waals surface area contributed by atoms with Gasteiger partial charge in [-0.05, 0) is 18.0 Å². The summed E-state index contributed by atoms with van der Waals surface area (Å²) in [7, 11) is 0. The molecule has 65 valence electrons. The minimum atomic E-state index is -2.48. The van der Waals surface area contributed by atoms with Gasteiger partial charge in [-0.3, -0.25) is 0 Å². The topological polar surface area (TPSA) is 0 Å². The molecule has 12 heavy (non-hydrogen) atoms. The second-order valence-electron chi connectivity index (χ2n) is 2.43. The van der Waals surface area contributed by atoms with E-state index in [4.69, 9.17) is 33.2 Å². The molecule has 0 saturated carbocycles. The molecule has 1 aromatic carbocycles. The molecule has 0 N–H and O–H groups in total. The van der Waals surface area contributed by atoms with Crippen molar-refractivity contribution in [1.29, 1.82) is 0 Å². The fourth-order valence-electron chi connectivity index (χ4n) is 0.823. The summed E-state index contributed by atoms with van der Waals surface area (Å²) >= 11 is 17.2. The Morgan fingerprint density at radius 3 is 2.17 bits per heavy atom. The van der Waals surface area contributed by atoms with E-state index in [1.807, 2.05) is 36.8 Å². The highest BCUT2D eigenvalue weighted by Gasteiger charge is 2.24. The van der Waals surface area contributed by atoms with E-state index in [0.717, 1.165) is 5.56 Å². The van der Waals surface area contributed by atoms with Gasteiger partial charge in [-0.2, -0.15) is 0 Å². The minimum Gasteiger partial charge on any atom is -0.126 e. The zero-order chi connectivity index (χ0) is 9.03. The number of hydrogen-bond acceptors (Lipinski definition) is 0. The van der Waals surface area contributed by atoms with Gasteiger partial charge in [0.25, 0.3) is 0 Å². The van der Waals surface area contributed by atoms with Gasteiger partial charge in [0.05, 0.1) is 0 Å². The molecular weight excluding hydrogens is 231 g/mol. The Morgan fingerprint density at radius 1 is 1.08 bits per heavy atom. The highest BCUT2D eigenvalue weighted by Crippen LogP contribution is 2.27. The molecule has 0 atom stereocenters. The number of benzene rings is 1. The van der Waals surface area contributed by atoms with Crippen LogP contribution in [0.5, 0.6) is 0 Å². The van der Waals surface area contributed by atoms with Gasteiger partial charge in [-0.1, -0.05) is 30.3 Å². The molecule has 0 spiro atoms. The Kier molecular flexibility index (Phi) is 3.91. The normalized spacial score (nSPS) is 11.6. The van der Waals surface area contributed by atoms with Gasteiger partial charge < -0.3 is 0 Å². The molecule has 0 bridgehead atoms. The van der Waals surface area contributed by atoms with Crippen LogP contribution in [0.15, 0.2) is 30.3 Å². The van der Waals surface area contributed by atoms with Crippen LogP contribution in [0.25, 0.3) is 0 Å². The lowest BCUT2D eigenvalue weighted by atomic mass is 10.2. The number of hydrogen-bond donors (Lipinski definition) is 0. The fraction of sp³-hybridized carbons (Fsp3) is 0.125. The smallest absolute Gasteiger partial charge is 0.126 e. The SMILES string of the molecule is Cl[Si](Cl)(Cl)C[CH]c1ccccc1. The average Bonchev–Trinajstić information content (AvgIpc) is 2.02. The molecule has 1 radical (unpaired) electrons. The molecule has 1 rings (SSSR count). The monoisotopic (exact) mass is 237 g/mol. The minimum absolute atomic E-state index is 0.571. The maximum atomic E-state index is 5.72. The summed E-state index contributed by atoms with van der Waals surface area (Å²) in [6.45, 7) is 0. The molecular formula is C8H8Cl3Si. The summed E-state index contributed by atoms with van der Waals surface area (Å²) in [6.07, 6.45) is 1.96. The summed E-state index contributed by atoms with van der Waals surface area (Å²) in [6, 6.07) is 7.96. The predicted octanol–water partition coefficient (Wildman–Crippen LogP) is 3.89. The van der Waals surface area contributed by atoms with Crippen LogP contribution in [0.4, 0.5) is 0 Å². The molecule has 0 unspecified atom stereocenters. The van der Waals surface area contributed by atoms with E-state index >= 15 is 0 Å². The molecule has 0 amide bonds. The number of halogens is 3. The highest BCUT2D eigenvalue weighted by atomic mass is 35.8. The van der Waals surface area contributed by atoms with Crippen molar-refractivity contribution in [3.8, 4) is 0 Å². The Balaban J connectivity index is 2.44. The Labute approximate surface area is 87.6 Å². The predicted molar refractivity (Wildman–Crippen MR) is 58.0 cm³/mol. The molecule has 4 heteroatoms. The first-order valence-electron chi connectivity index (χ1n) is 3.53. The van der Waals surface area contributed by atoms with E-state index in [-0.39, 0.29) is 0 Å². The molecule has 0 nitrogen and oxygen atoms in total. The first kappa shape index (κ1) is 10.4. The van der Waals surface area contributed by atoms with E-state index < -0.39 is 6.00 Å². The van der Waals surface area contributed by atoms with Gasteiger partial charge in [0.1, 0.15) is 0 Å². The lowest BCUT2D eigenvalue weighted by Crippen LogP contribution is -2.08. The zero-order valence-electron chi connectivity index (χ0n) is 6.31. The zero-order valence-corrected chi connectivity index (χ0v) is 9.57. The lowest BCUT2D eigenvalue weighted by Gasteiger charge is -2.06. The maximum Gasteiger partial charge on any atom is 0.342 e. The summed E-state index contributed by atoms with van der Waals surface area (Å²) in [5.74, 6) is 0. The third-order valence-corrected chi connectivity index (χ3v) is 3.42. The van der Waals surface area contributed by atoms with Gasteiger partial charge in [0, 0.05) is 0 Å². The summed E-state index contributed by atoms with van der Waals surface area (Å²) in [5, 5.41) is 0. The van der Waals surface area contributed by atoms with E-state index in [9.17, 15) is 0 Å². The molecule has 0 heterocycles. The summed E-state index contributed by atoms with van der Waals surface area (Å²) in [5.41, 5.74) is 1.11. The van der Waals surface area contributed by atoms with Crippen molar-refractivity contribution in [2.24, 2.45) is 0 Å². The Bertz CT molecular complexity index is 230. The largest absolute Gasteiger partial charge is 0.342 e. The molecule has 0 aliphatic carbocycles. The summed E-state index contributed by atoms with van der Waals surface area (Å²) < 4.78 is 0. The van der Waals surface area contributed by atoms with Crippen LogP contribution in [0.1, 0.15) is 5.56 Å². The lowest BCUT2D eigenvalue weighted by molar-refractivity contribution is 1.40. The highest BCUT2D eigenvalue weighted by molar-refractivity contribution is 7.64. The van der Waals surface area contributed by atoms with Gasteiger partial charge in [-0.15, -0.1) is 33.2 Å². The quantitative estimate of drug-likeness (QED) is 0.554. The van der Waals surface area contributed by atoms with Gasteiger partial charge in [-0.25, -0.2) is 0 Å². The third-order valence-electron chi connectivity index (χ3n) is 1.37. The van der Waals surface area contributed by atoms with Crippen LogP contribution in [-0.4, -0.2) is 6.00 Å². The maximum absolute atomic E-state index is 5.72. The van der Waals surface area contributed by atoms with Gasteiger partial charge >= 0.3 is 6.00 Å². The fourth-order valence-corrected chi connectivity index (χ4v) is 1.98. The van der Waals surface area contributed by atoms with E-state index in [2.05, 4.69) is 0 Å². The van der Waals surface area contributed by atoms with Gasteiger partial charge in [0.2, 0.25) is 0 Å². The van der Waals surface area contributed by atoms with Crippen molar-refractivity contribution >= 4 is 39.2 Å². The van der Waals surface area contributed by atoms with Crippen molar-refractivity contribution < 1.29 is 0 Å². The average molecular weight is 239 g/mol. The van der Waals surface area contributed by atoms with E-state index in [0.29, 0.717) is 6.04 Å². The van der Waals surface area contributed by atoms with Crippen molar-refractivity contribution in [2.75, 3.05) is 0 Å². The van der Waals surface area contributed by atoms with Crippen molar-refractivity contribution in [3.05, 3.63) is 42.3 Å². The molecule has 0 aliphatic heterocycles. The van der Waals surface area contributed by atoms with Crippen LogP contribution in [0, 0.1) is 6.42 Å². The second kappa shape index (κ2) is 4.52. The van der Waals surface area contributed by atoms with E-state index in [1.165, 1.54) is 0 Å². The number of rotatable bonds is 3. The van der Waals surface area contributed by atoms with Crippen LogP contribution >= 0.6 is 33.2 Å². The molecule has 1 aromatic rings. The first-order chi connectivity index (χ1) is 5.58. The van der Waals surface area contributed by atoms with Crippen LogP contribution in [0.3, 0.4) is 0 Å². The van der Waals surface area contributed by atoms with Gasteiger partial charge in [0.15, 0.2) is 0 Å². The van der Waals surface area contributed by atoms with Crippen LogP contribution in [-0.2, 0) is 0 Å². The van der Waals surface area contributed by atoms with Crippen molar-refractivity contribution in [1.82, 2.24) is 0 Å².